The monoisotopic (exact) mass is 276 g/mol. The number of hydrogen-bond acceptors (Lipinski definition) is 3. The van der Waals surface area contributed by atoms with Crippen molar-refractivity contribution >= 4 is 23.6 Å². The number of hydrogen-bond donors (Lipinski definition) is 1. The summed E-state index contributed by atoms with van der Waals surface area (Å²) in [6.45, 7) is 2.24. The van der Waals surface area contributed by atoms with Gasteiger partial charge in [-0.25, -0.2) is 4.79 Å². The topological polar surface area (TPSA) is 60.9 Å². The first kappa shape index (κ1) is 15.8. The zero-order chi connectivity index (χ0) is 15.3. The minimum Gasteiger partial charge on any atom is -0.478 e. The lowest BCUT2D eigenvalue weighted by molar-refractivity contribution is -0.131. The van der Waals surface area contributed by atoms with E-state index in [4.69, 9.17) is 5.11 Å². The number of carbonyl (C=O) groups excluding carboxylic acids is 1. The van der Waals surface area contributed by atoms with Crippen LogP contribution in [0.3, 0.4) is 0 Å². The fourth-order valence-corrected chi connectivity index (χ4v) is 1.81. The maximum absolute atomic E-state index is 11.7. The summed E-state index contributed by atoms with van der Waals surface area (Å²) >= 11 is 0. The predicted octanol–water partition coefficient (Wildman–Crippen LogP) is 1.62. The van der Waals surface area contributed by atoms with Gasteiger partial charge in [-0.1, -0.05) is 6.07 Å². The van der Waals surface area contributed by atoms with Gasteiger partial charge in [0.2, 0.25) is 5.91 Å². The predicted molar refractivity (Wildman–Crippen MR) is 79.8 cm³/mol. The molecule has 0 atom stereocenters. The van der Waals surface area contributed by atoms with Crippen molar-refractivity contribution < 1.29 is 14.7 Å². The van der Waals surface area contributed by atoms with Crippen molar-refractivity contribution in [2.75, 3.05) is 32.6 Å². The van der Waals surface area contributed by atoms with E-state index < -0.39 is 5.97 Å². The first-order chi connectivity index (χ1) is 9.31. The van der Waals surface area contributed by atoms with Crippen molar-refractivity contribution in [3.05, 3.63) is 35.4 Å². The van der Waals surface area contributed by atoms with Crippen LogP contribution in [0.15, 0.2) is 24.3 Å². The third-order valence-corrected chi connectivity index (χ3v) is 2.92. The molecule has 0 bridgehead atoms. The second-order valence-corrected chi connectivity index (χ2v) is 4.86. The van der Waals surface area contributed by atoms with Gasteiger partial charge >= 0.3 is 5.97 Å². The van der Waals surface area contributed by atoms with E-state index in [1.807, 2.05) is 37.1 Å². The normalized spacial score (nSPS) is 10.6. The van der Waals surface area contributed by atoms with Gasteiger partial charge in [0.1, 0.15) is 0 Å². The van der Waals surface area contributed by atoms with Gasteiger partial charge in [0.15, 0.2) is 0 Å². The number of carbonyl (C=O) groups is 2. The summed E-state index contributed by atoms with van der Waals surface area (Å²) in [6, 6.07) is 5.61. The first-order valence-electron chi connectivity index (χ1n) is 6.24. The van der Waals surface area contributed by atoms with E-state index in [-0.39, 0.29) is 5.91 Å². The lowest BCUT2D eigenvalue weighted by Gasteiger charge is -2.23. The highest BCUT2D eigenvalue weighted by Crippen LogP contribution is 2.20. The van der Waals surface area contributed by atoms with Crippen LogP contribution >= 0.6 is 0 Å². The number of amides is 1. The Bertz CT molecular complexity index is 536. The Hall–Kier alpha value is -2.30. The molecule has 0 saturated heterocycles. The van der Waals surface area contributed by atoms with Crippen molar-refractivity contribution in [3.8, 4) is 0 Å². The summed E-state index contributed by atoms with van der Waals surface area (Å²) in [6.07, 6.45) is 2.65. The van der Waals surface area contributed by atoms with E-state index in [1.165, 1.54) is 0 Å². The molecule has 0 aliphatic rings. The average molecular weight is 276 g/mol. The molecular weight excluding hydrogens is 256 g/mol. The SMILES string of the molecule is Cc1cc(C=CC(=O)O)ccc1N(C)CC(=O)N(C)C. The van der Waals surface area contributed by atoms with Crippen LogP contribution in [-0.4, -0.2) is 49.6 Å². The number of anilines is 1. The van der Waals surface area contributed by atoms with Gasteiger partial charge in [0, 0.05) is 32.9 Å². The molecule has 0 fully saturated rings. The Morgan fingerprint density at radius 3 is 2.40 bits per heavy atom. The molecule has 5 nitrogen and oxygen atoms in total. The Labute approximate surface area is 119 Å². The molecule has 1 aromatic rings. The van der Waals surface area contributed by atoms with Gasteiger partial charge < -0.3 is 14.9 Å². The van der Waals surface area contributed by atoms with Crippen LogP contribution in [0, 0.1) is 6.92 Å². The Kier molecular flexibility index (Phi) is 5.32. The lowest BCUT2D eigenvalue weighted by Crippen LogP contribution is -2.34. The van der Waals surface area contributed by atoms with Gasteiger partial charge in [-0.15, -0.1) is 0 Å². The van der Waals surface area contributed by atoms with Gasteiger partial charge in [0.25, 0.3) is 0 Å². The van der Waals surface area contributed by atoms with Crippen LogP contribution in [0.1, 0.15) is 11.1 Å². The minimum absolute atomic E-state index is 0.0294. The molecule has 108 valence electrons. The molecule has 0 aliphatic carbocycles. The van der Waals surface area contributed by atoms with Crippen LogP contribution < -0.4 is 4.90 Å². The molecule has 0 aliphatic heterocycles. The number of aliphatic carboxylic acids is 1. The third-order valence-electron chi connectivity index (χ3n) is 2.92. The number of aryl methyl sites for hydroxylation is 1. The highest BCUT2D eigenvalue weighted by atomic mass is 16.4. The second-order valence-electron chi connectivity index (χ2n) is 4.86. The third kappa shape index (κ3) is 4.42. The number of rotatable bonds is 5. The highest BCUT2D eigenvalue weighted by molar-refractivity contribution is 5.85. The van der Waals surface area contributed by atoms with Gasteiger partial charge in [-0.2, -0.15) is 0 Å². The Balaban J connectivity index is 2.87. The molecular formula is C15H20N2O3. The summed E-state index contributed by atoms with van der Waals surface area (Å²) < 4.78 is 0. The van der Waals surface area contributed by atoms with Crippen molar-refractivity contribution in [3.63, 3.8) is 0 Å². The van der Waals surface area contributed by atoms with Crippen LogP contribution in [0.2, 0.25) is 0 Å². The van der Waals surface area contributed by atoms with Crippen LogP contribution in [0.4, 0.5) is 5.69 Å². The Morgan fingerprint density at radius 2 is 1.90 bits per heavy atom. The lowest BCUT2D eigenvalue weighted by atomic mass is 10.1. The fraction of sp³-hybridized carbons (Fsp3) is 0.333. The summed E-state index contributed by atoms with van der Waals surface area (Å²) in [7, 11) is 5.31. The van der Waals surface area contributed by atoms with E-state index in [2.05, 4.69) is 0 Å². The van der Waals surface area contributed by atoms with Crippen molar-refractivity contribution in [1.29, 1.82) is 0 Å². The summed E-state index contributed by atoms with van der Waals surface area (Å²) in [4.78, 5) is 25.6. The number of likely N-dealkylation sites (N-methyl/N-ethyl adjacent to an activating group) is 2. The number of carboxylic acid groups (broad SMARTS) is 1. The van der Waals surface area contributed by atoms with Gasteiger partial charge in [-0.05, 0) is 36.3 Å². The van der Waals surface area contributed by atoms with E-state index in [9.17, 15) is 9.59 Å². The van der Waals surface area contributed by atoms with E-state index >= 15 is 0 Å². The second kappa shape index (κ2) is 6.75. The molecule has 1 amide bonds. The molecule has 1 aromatic carbocycles. The molecule has 0 spiro atoms. The van der Waals surface area contributed by atoms with Crippen molar-refractivity contribution in [2.45, 2.75) is 6.92 Å². The molecule has 1 N–H and O–H groups in total. The van der Waals surface area contributed by atoms with Gasteiger partial charge in [0.05, 0.1) is 6.54 Å². The number of nitrogens with zero attached hydrogens (tertiary/aromatic N) is 2. The summed E-state index contributed by atoms with van der Waals surface area (Å²) in [5.74, 6) is -0.942. The molecule has 0 unspecified atom stereocenters. The van der Waals surface area contributed by atoms with Crippen molar-refractivity contribution in [1.82, 2.24) is 4.90 Å². The maximum atomic E-state index is 11.7. The zero-order valence-corrected chi connectivity index (χ0v) is 12.3. The average Bonchev–Trinajstić information content (AvgIpc) is 2.35. The molecule has 20 heavy (non-hydrogen) atoms. The number of carboxylic acids is 1. The fourth-order valence-electron chi connectivity index (χ4n) is 1.81. The first-order valence-corrected chi connectivity index (χ1v) is 6.24. The highest BCUT2D eigenvalue weighted by Gasteiger charge is 2.11. The standard InChI is InChI=1S/C15H20N2O3/c1-11-9-12(6-8-15(19)20)5-7-13(11)17(4)10-14(18)16(2)3/h5-9H,10H2,1-4H3,(H,19,20). The molecule has 0 radical (unpaired) electrons. The van der Waals surface area contributed by atoms with Crippen LogP contribution in [0.5, 0.6) is 0 Å². The molecule has 0 aromatic heterocycles. The maximum Gasteiger partial charge on any atom is 0.328 e. The number of benzene rings is 1. The minimum atomic E-state index is -0.972. The molecule has 0 saturated carbocycles. The summed E-state index contributed by atoms with van der Waals surface area (Å²) in [5, 5.41) is 8.60. The van der Waals surface area contributed by atoms with E-state index in [0.29, 0.717) is 6.54 Å². The van der Waals surface area contributed by atoms with Crippen molar-refractivity contribution in [2.24, 2.45) is 0 Å². The van der Waals surface area contributed by atoms with Crippen LogP contribution in [0.25, 0.3) is 6.08 Å². The Morgan fingerprint density at radius 1 is 1.25 bits per heavy atom. The quantitative estimate of drug-likeness (QED) is 0.830. The van der Waals surface area contributed by atoms with E-state index in [1.54, 1.807) is 25.1 Å². The van der Waals surface area contributed by atoms with Gasteiger partial charge in [-0.3, -0.25) is 4.79 Å². The molecule has 0 heterocycles. The molecule has 1 rings (SSSR count). The largest absolute Gasteiger partial charge is 0.478 e. The zero-order valence-electron chi connectivity index (χ0n) is 12.3. The summed E-state index contributed by atoms with van der Waals surface area (Å²) in [5.41, 5.74) is 2.76. The van der Waals surface area contributed by atoms with Crippen LogP contribution in [-0.2, 0) is 9.59 Å². The smallest absolute Gasteiger partial charge is 0.328 e. The van der Waals surface area contributed by atoms with E-state index in [0.717, 1.165) is 22.9 Å². The molecule has 5 heteroatoms.